The highest BCUT2D eigenvalue weighted by atomic mass is 32.2. The molecule has 1 N–H and O–H groups in total. The lowest BCUT2D eigenvalue weighted by atomic mass is 10.2. The first kappa shape index (κ1) is 22.4. The summed E-state index contributed by atoms with van der Waals surface area (Å²) in [7, 11) is -7.39. The molecule has 0 saturated carbocycles. The molecule has 0 aliphatic carbocycles. The lowest BCUT2D eigenvalue weighted by Gasteiger charge is -2.26. The number of rotatable bonds is 6. The molecule has 1 amide bonds. The Kier molecular flexibility index (Phi) is 6.59. The van der Waals surface area contributed by atoms with Gasteiger partial charge in [0, 0.05) is 24.3 Å². The van der Waals surface area contributed by atoms with Crippen LogP contribution in [0.1, 0.15) is 36.5 Å². The molecule has 0 radical (unpaired) electrons. The molecule has 2 aromatic rings. The maximum absolute atomic E-state index is 14.3. The van der Waals surface area contributed by atoms with Crippen molar-refractivity contribution in [3.63, 3.8) is 0 Å². The number of hydrogen-bond donors (Lipinski definition) is 1. The minimum Gasteiger partial charge on any atom is -0.322 e. The summed E-state index contributed by atoms with van der Waals surface area (Å²) >= 11 is 0. The molecule has 0 unspecified atom stereocenters. The van der Waals surface area contributed by atoms with Crippen LogP contribution in [0.3, 0.4) is 0 Å². The Morgan fingerprint density at radius 3 is 2.23 bits per heavy atom. The maximum atomic E-state index is 14.3. The maximum Gasteiger partial charge on any atom is 0.255 e. The van der Waals surface area contributed by atoms with E-state index < -0.39 is 36.5 Å². The van der Waals surface area contributed by atoms with Crippen LogP contribution >= 0.6 is 0 Å². The van der Waals surface area contributed by atoms with Gasteiger partial charge in [0.15, 0.2) is 9.84 Å². The van der Waals surface area contributed by atoms with Gasteiger partial charge in [0.1, 0.15) is 10.7 Å². The van der Waals surface area contributed by atoms with E-state index in [1.165, 1.54) is 41.6 Å². The Balaban J connectivity index is 1.83. The number of carbonyl (C=O) groups excluding carboxylic acids is 1. The molecule has 3 rings (SSSR count). The summed E-state index contributed by atoms with van der Waals surface area (Å²) in [6.07, 6.45) is 2.35. The van der Waals surface area contributed by atoms with Crippen molar-refractivity contribution >= 4 is 31.5 Å². The molecule has 162 valence electrons. The third-order valence-corrected chi connectivity index (χ3v) is 8.64. The molecule has 30 heavy (non-hydrogen) atoms. The first-order valence-electron chi connectivity index (χ1n) is 9.59. The standard InChI is InChI=1S/C20H23FN2O5S2/c1-2-29(25,26)17-9-7-16(8-10-17)22-20(24)15-6-11-18(21)19(14-15)30(27,28)23-12-4-3-5-13-23/h6-11,14H,2-5,12-13H2,1H3,(H,22,24). The topological polar surface area (TPSA) is 101 Å². The lowest BCUT2D eigenvalue weighted by molar-refractivity contribution is 0.102. The minimum absolute atomic E-state index is 0.0164. The van der Waals surface area contributed by atoms with Gasteiger partial charge in [-0.05, 0) is 55.3 Å². The summed E-state index contributed by atoms with van der Waals surface area (Å²) in [5, 5.41) is 2.57. The molecule has 1 saturated heterocycles. The van der Waals surface area contributed by atoms with Gasteiger partial charge in [-0.3, -0.25) is 4.79 Å². The number of carbonyl (C=O) groups is 1. The van der Waals surface area contributed by atoms with Crippen molar-refractivity contribution in [3.8, 4) is 0 Å². The Hall–Kier alpha value is -2.30. The SMILES string of the molecule is CCS(=O)(=O)c1ccc(NC(=O)c2ccc(F)c(S(=O)(=O)N3CCCCC3)c2)cc1. The zero-order chi connectivity index (χ0) is 21.9. The summed E-state index contributed by atoms with van der Waals surface area (Å²) < 4.78 is 64.9. The second-order valence-electron chi connectivity index (χ2n) is 6.99. The van der Waals surface area contributed by atoms with Gasteiger partial charge in [-0.15, -0.1) is 0 Å². The van der Waals surface area contributed by atoms with Gasteiger partial charge in [-0.1, -0.05) is 13.3 Å². The highest BCUT2D eigenvalue weighted by Crippen LogP contribution is 2.24. The average Bonchev–Trinajstić information content (AvgIpc) is 2.75. The zero-order valence-corrected chi connectivity index (χ0v) is 18.1. The van der Waals surface area contributed by atoms with Crippen molar-refractivity contribution in [2.24, 2.45) is 0 Å². The molecular weight excluding hydrogens is 431 g/mol. The van der Waals surface area contributed by atoms with Gasteiger partial charge in [-0.25, -0.2) is 21.2 Å². The lowest BCUT2D eigenvalue weighted by Crippen LogP contribution is -2.36. The summed E-state index contributed by atoms with van der Waals surface area (Å²) in [4.78, 5) is 12.2. The molecule has 0 bridgehead atoms. The van der Waals surface area contributed by atoms with Crippen LogP contribution in [0.2, 0.25) is 0 Å². The van der Waals surface area contributed by atoms with Gasteiger partial charge in [0.05, 0.1) is 10.6 Å². The highest BCUT2D eigenvalue weighted by molar-refractivity contribution is 7.91. The molecule has 0 spiro atoms. The van der Waals surface area contributed by atoms with E-state index in [4.69, 9.17) is 0 Å². The molecule has 10 heteroatoms. The number of nitrogens with zero attached hydrogens (tertiary/aromatic N) is 1. The van der Waals surface area contributed by atoms with E-state index in [1.807, 2.05) is 0 Å². The third kappa shape index (κ3) is 4.71. The van der Waals surface area contributed by atoms with Crippen LogP contribution < -0.4 is 5.32 Å². The van der Waals surface area contributed by atoms with Crippen LogP contribution in [0.15, 0.2) is 52.3 Å². The van der Waals surface area contributed by atoms with Gasteiger partial charge in [0.25, 0.3) is 5.91 Å². The molecule has 0 aromatic heterocycles. The number of anilines is 1. The number of sulfone groups is 1. The van der Waals surface area contributed by atoms with Crippen LogP contribution in [-0.4, -0.2) is 45.9 Å². The number of sulfonamides is 1. The predicted octanol–water partition coefficient (Wildman–Crippen LogP) is 3.05. The van der Waals surface area contributed by atoms with Gasteiger partial charge in [-0.2, -0.15) is 4.31 Å². The Bertz CT molecular complexity index is 1140. The summed E-state index contributed by atoms with van der Waals surface area (Å²) in [5.74, 6) is -1.58. The van der Waals surface area contributed by atoms with Crippen LogP contribution in [-0.2, 0) is 19.9 Å². The van der Waals surface area contributed by atoms with E-state index in [0.29, 0.717) is 31.6 Å². The fourth-order valence-electron chi connectivity index (χ4n) is 3.20. The molecule has 2 aromatic carbocycles. The number of hydrogen-bond acceptors (Lipinski definition) is 5. The first-order valence-corrected chi connectivity index (χ1v) is 12.7. The van der Waals surface area contributed by atoms with Gasteiger partial charge >= 0.3 is 0 Å². The van der Waals surface area contributed by atoms with E-state index in [0.717, 1.165) is 18.6 Å². The van der Waals surface area contributed by atoms with Crippen LogP contribution in [0, 0.1) is 5.82 Å². The molecule has 7 nitrogen and oxygen atoms in total. The first-order chi connectivity index (χ1) is 14.1. The van der Waals surface area contributed by atoms with Crippen LogP contribution in [0.25, 0.3) is 0 Å². The van der Waals surface area contributed by atoms with E-state index in [1.54, 1.807) is 0 Å². The smallest absolute Gasteiger partial charge is 0.255 e. The minimum atomic E-state index is -4.03. The highest BCUT2D eigenvalue weighted by Gasteiger charge is 2.29. The Morgan fingerprint density at radius 2 is 1.63 bits per heavy atom. The Morgan fingerprint density at radius 1 is 1.00 bits per heavy atom. The second kappa shape index (κ2) is 8.83. The fraction of sp³-hybridized carbons (Fsp3) is 0.350. The molecule has 1 aliphatic heterocycles. The summed E-state index contributed by atoms with van der Waals surface area (Å²) in [6.45, 7) is 2.19. The summed E-state index contributed by atoms with van der Waals surface area (Å²) in [6, 6.07) is 8.84. The van der Waals surface area contributed by atoms with Gasteiger partial charge in [0.2, 0.25) is 10.0 Å². The monoisotopic (exact) mass is 454 g/mol. The quantitative estimate of drug-likeness (QED) is 0.723. The number of halogens is 1. The van der Waals surface area contributed by atoms with Crippen LogP contribution in [0.4, 0.5) is 10.1 Å². The number of piperidine rings is 1. The van der Waals surface area contributed by atoms with E-state index in [-0.39, 0.29) is 16.2 Å². The largest absolute Gasteiger partial charge is 0.322 e. The zero-order valence-electron chi connectivity index (χ0n) is 16.5. The van der Waals surface area contributed by atoms with E-state index in [2.05, 4.69) is 5.32 Å². The summed E-state index contributed by atoms with van der Waals surface area (Å²) in [5.41, 5.74) is 0.317. The molecule has 1 aliphatic rings. The van der Waals surface area contributed by atoms with Crippen LogP contribution in [0.5, 0.6) is 0 Å². The second-order valence-corrected chi connectivity index (χ2v) is 11.2. The Labute approximate surface area is 175 Å². The number of nitrogens with one attached hydrogen (secondary N) is 1. The molecule has 0 atom stereocenters. The molecular formula is C20H23FN2O5S2. The van der Waals surface area contributed by atoms with Crippen molar-refractivity contribution in [3.05, 3.63) is 53.8 Å². The molecule has 1 heterocycles. The van der Waals surface area contributed by atoms with Crippen molar-refractivity contribution in [1.82, 2.24) is 4.31 Å². The molecule has 1 fully saturated rings. The van der Waals surface area contributed by atoms with Gasteiger partial charge < -0.3 is 5.32 Å². The number of benzene rings is 2. The van der Waals surface area contributed by atoms with Crippen molar-refractivity contribution in [2.75, 3.05) is 24.2 Å². The van der Waals surface area contributed by atoms with E-state index in [9.17, 15) is 26.0 Å². The van der Waals surface area contributed by atoms with Crippen molar-refractivity contribution in [1.29, 1.82) is 0 Å². The predicted molar refractivity (Wildman–Crippen MR) is 111 cm³/mol. The fourth-order valence-corrected chi connectivity index (χ4v) is 5.69. The normalized spacial score (nSPS) is 15.7. The van der Waals surface area contributed by atoms with E-state index >= 15 is 0 Å². The average molecular weight is 455 g/mol. The van der Waals surface area contributed by atoms with Crippen molar-refractivity contribution in [2.45, 2.75) is 36.0 Å². The van der Waals surface area contributed by atoms with Crippen molar-refractivity contribution < 1.29 is 26.0 Å². The third-order valence-electron chi connectivity index (χ3n) is 4.98. The number of amides is 1.